The number of aryl methyl sites for hydroxylation is 1. The molecule has 0 saturated heterocycles. The van der Waals surface area contributed by atoms with Gasteiger partial charge >= 0.3 is 0 Å². The molecule has 0 spiro atoms. The van der Waals surface area contributed by atoms with E-state index in [1.807, 2.05) is 18.1 Å². The van der Waals surface area contributed by atoms with Crippen molar-refractivity contribution < 1.29 is 4.79 Å². The van der Waals surface area contributed by atoms with Crippen LogP contribution in [0.4, 0.5) is 0 Å². The van der Waals surface area contributed by atoms with Crippen LogP contribution in [0.25, 0.3) is 5.57 Å². The second-order valence-corrected chi connectivity index (χ2v) is 5.94. The van der Waals surface area contributed by atoms with Crippen LogP contribution >= 0.6 is 15.9 Å². The van der Waals surface area contributed by atoms with Gasteiger partial charge in [0.15, 0.2) is 0 Å². The maximum absolute atomic E-state index is 12.3. The van der Waals surface area contributed by atoms with Gasteiger partial charge in [0.1, 0.15) is 0 Å². The molecule has 108 valence electrons. The van der Waals surface area contributed by atoms with E-state index in [0.717, 1.165) is 16.5 Å². The van der Waals surface area contributed by atoms with E-state index in [0.29, 0.717) is 18.7 Å². The number of amides is 1. The maximum atomic E-state index is 12.3. The van der Waals surface area contributed by atoms with Crippen molar-refractivity contribution in [2.24, 2.45) is 7.05 Å². The molecular weight excluding hydrogens is 332 g/mol. The minimum atomic E-state index is 0.0331. The zero-order chi connectivity index (χ0) is 14.8. The van der Waals surface area contributed by atoms with Crippen LogP contribution in [0.1, 0.15) is 22.3 Å². The third-order valence-electron chi connectivity index (χ3n) is 3.52. The van der Waals surface area contributed by atoms with E-state index in [4.69, 9.17) is 0 Å². The molecule has 0 N–H and O–H groups in total. The summed E-state index contributed by atoms with van der Waals surface area (Å²) in [5.74, 6) is 0.0331. The van der Waals surface area contributed by atoms with Crippen molar-refractivity contribution in [1.82, 2.24) is 19.7 Å². The predicted molar refractivity (Wildman–Crippen MR) is 83.6 cm³/mol. The molecule has 21 heavy (non-hydrogen) atoms. The molecule has 1 aliphatic heterocycles. The summed E-state index contributed by atoms with van der Waals surface area (Å²) in [6.45, 7) is 1.33. The smallest absolute Gasteiger partial charge is 0.257 e. The lowest BCUT2D eigenvalue weighted by Crippen LogP contribution is -2.34. The van der Waals surface area contributed by atoms with E-state index < -0.39 is 0 Å². The van der Waals surface area contributed by atoms with Gasteiger partial charge in [-0.1, -0.05) is 6.08 Å². The quantitative estimate of drug-likeness (QED) is 0.839. The zero-order valence-electron chi connectivity index (χ0n) is 11.7. The Morgan fingerprint density at radius 2 is 2.19 bits per heavy atom. The highest BCUT2D eigenvalue weighted by Gasteiger charge is 2.20. The lowest BCUT2D eigenvalue weighted by molar-refractivity contribution is 0.0773. The summed E-state index contributed by atoms with van der Waals surface area (Å²) < 4.78 is 2.61. The minimum Gasteiger partial charge on any atom is -0.334 e. The number of pyridine rings is 1. The van der Waals surface area contributed by atoms with Gasteiger partial charge in [-0.3, -0.25) is 14.5 Å². The molecule has 1 amide bonds. The van der Waals surface area contributed by atoms with Crippen LogP contribution in [0.5, 0.6) is 0 Å². The number of aromatic nitrogens is 3. The van der Waals surface area contributed by atoms with Crippen molar-refractivity contribution >= 4 is 27.4 Å². The van der Waals surface area contributed by atoms with Gasteiger partial charge in [0.2, 0.25) is 0 Å². The Labute approximate surface area is 131 Å². The van der Waals surface area contributed by atoms with Crippen LogP contribution in [0.3, 0.4) is 0 Å². The van der Waals surface area contributed by atoms with Gasteiger partial charge in [0.05, 0.1) is 11.8 Å². The van der Waals surface area contributed by atoms with Gasteiger partial charge in [-0.15, -0.1) is 0 Å². The summed E-state index contributed by atoms with van der Waals surface area (Å²) in [6, 6.07) is 2.05. The van der Waals surface area contributed by atoms with Gasteiger partial charge in [-0.05, 0) is 39.6 Å². The maximum Gasteiger partial charge on any atom is 0.257 e. The van der Waals surface area contributed by atoms with E-state index in [1.54, 1.807) is 23.3 Å². The van der Waals surface area contributed by atoms with Gasteiger partial charge in [0, 0.05) is 43.2 Å². The Balaban J connectivity index is 1.73. The third-order valence-corrected chi connectivity index (χ3v) is 3.96. The van der Waals surface area contributed by atoms with E-state index in [2.05, 4.69) is 38.2 Å². The average molecular weight is 347 g/mol. The molecule has 0 bridgehead atoms. The lowest BCUT2D eigenvalue weighted by atomic mass is 10.0. The molecule has 0 aromatic carbocycles. The van der Waals surface area contributed by atoms with Crippen molar-refractivity contribution in [2.75, 3.05) is 13.1 Å². The molecule has 3 heterocycles. The van der Waals surface area contributed by atoms with Crippen LogP contribution in [0.2, 0.25) is 0 Å². The van der Waals surface area contributed by atoms with E-state index >= 15 is 0 Å². The number of rotatable bonds is 2. The summed E-state index contributed by atoms with van der Waals surface area (Å²) in [5, 5.41) is 4.05. The second-order valence-electron chi connectivity index (χ2n) is 5.03. The molecule has 0 atom stereocenters. The standard InChI is InChI=1S/C15H15BrN4O/c1-19-10-13(8-18-19)15(21)20-4-2-11(3-5-20)12-6-14(16)9-17-7-12/h2,6-10H,3-5H2,1H3. The highest BCUT2D eigenvalue weighted by molar-refractivity contribution is 9.10. The average Bonchev–Trinajstić information content (AvgIpc) is 2.93. The second kappa shape index (κ2) is 5.81. The zero-order valence-corrected chi connectivity index (χ0v) is 13.2. The molecule has 0 fully saturated rings. The van der Waals surface area contributed by atoms with Crippen molar-refractivity contribution in [2.45, 2.75) is 6.42 Å². The first-order valence-corrected chi connectivity index (χ1v) is 7.50. The largest absolute Gasteiger partial charge is 0.334 e. The molecule has 2 aromatic rings. The van der Waals surface area contributed by atoms with Crippen molar-refractivity contribution in [1.29, 1.82) is 0 Å². The van der Waals surface area contributed by atoms with Gasteiger partial charge < -0.3 is 4.90 Å². The Hall–Kier alpha value is -1.95. The van der Waals surface area contributed by atoms with Crippen molar-refractivity contribution in [3.8, 4) is 0 Å². The third kappa shape index (κ3) is 3.05. The van der Waals surface area contributed by atoms with Crippen molar-refractivity contribution in [3.63, 3.8) is 0 Å². The number of hydrogen-bond donors (Lipinski definition) is 0. The summed E-state index contributed by atoms with van der Waals surface area (Å²) in [7, 11) is 1.81. The normalized spacial score (nSPS) is 15.0. The van der Waals surface area contributed by atoms with Crippen LogP contribution < -0.4 is 0 Å². The molecule has 0 aliphatic carbocycles. The fourth-order valence-corrected chi connectivity index (χ4v) is 2.78. The molecule has 1 aliphatic rings. The van der Waals surface area contributed by atoms with Gasteiger partial charge in [0.25, 0.3) is 5.91 Å². The van der Waals surface area contributed by atoms with Crippen LogP contribution in [0, 0.1) is 0 Å². The molecule has 0 unspecified atom stereocenters. The van der Waals surface area contributed by atoms with Gasteiger partial charge in [-0.25, -0.2) is 0 Å². The lowest BCUT2D eigenvalue weighted by Gasteiger charge is -2.26. The molecule has 3 rings (SSSR count). The Morgan fingerprint density at radius 3 is 2.81 bits per heavy atom. The van der Waals surface area contributed by atoms with Crippen LogP contribution in [-0.2, 0) is 7.05 Å². The Kier molecular flexibility index (Phi) is 3.88. The van der Waals surface area contributed by atoms with Crippen LogP contribution in [0.15, 0.2) is 41.4 Å². The minimum absolute atomic E-state index is 0.0331. The summed E-state index contributed by atoms with van der Waals surface area (Å²) in [6.07, 6.45) is 9.92. The topological polar surface area (TPSA) is 51.0 Å². The summed E-state index contributed by atoms with van der Waals surface area (Å²) in [4.78, 5) is 18.4. The molecular formula is C15H15BrN4O. The van der Waals surface area contributed by atoms with E-state index in [9.17, 15) is 4.79 Å². The molecule has 6 heteroatoms. The number of carbonyl (C=O) groups is 1. The molecule has 5 nitrogen and oxygen atoms in total. The highest BCUT2D eigenvalue weighted by atomic mass is 79.9. The highest BCUT2D eigenvalue weighted by Crippen LogP contribution is 2.24. The summed E-state index contributed by atoms with van der Waals surface area (Å²) >= 11 is 3.43. The van der Waals surface area contributed by atoms with Crippen LogP contribution in [-0.4, -0.2) is 38.7 Å². The van der Waals surface area contributed by atoms with Gasteiger partial charge in [-0.2, -0.15) is 5.10 Å². The number of nitrogens with zero attached hydrogens (tertiary/aromatic N) is 4. The first kappa shape index (κ1) is 14.0. The fraction of sp³-hybridized carbons (Fsp3) is 0.267. The first-order valence-electron chi connectivity index (χ1n) is 6.71. The Bertz CT molecular complexity index is 707. The predicted octanol–water partition coefficient (Wildman–Crippen LogP) is 2.51. The number of carbonyl (C=O) groups excluding carboxylic acids is 1. The molecule has 0 radical (unpaired) electrons. The Morgan fingerprint density at radius 1 is 1.33 bits per heavy atom. The number of hydrogen-bond acceptors (Lipinski definition) is 3. The summed E-state index contributed by atoms with van der Waals surface area (Å²) in [5.41, 5.74) is 2.98. The molecule has 0 saturated carbocycles. The van der Waals surface area contributed by atoms with E-state index in [-0.39, 0.29) is 5.91 Å². The monoisotopic (exact) mass is 346 g/mol. The fourth-order valence-electron chi connectivity index (χ4n) is 2.42. The van der Waals surface area contributed by atoms with E-state index in [1.165, 1.54) is 5.57 Å². The van der Waals surface area contributed by atoms with Crippen molar-refractivity contribution in [3.05, 3.63) is 52.5 Å². The molecule has 2 aromatic heterocycles. The number of halogens is 1. The first-order chi connectivity index (χ1) is 10.1. The SMILES string of the molecule is Cn1cc(C(=O)N2CC=C(c3cncc(Br)c3)CC2)cn1.